The summed E-state index contributed by atoms with van der Waals surface area (Å²) < 4.78 is 10.9. The Morgan fingerprint density at radius 1 is 1.13 bits per heavy atom. The van der Waals surface area contributed by atoms with Gasteiger partial charge in [-0.2, -0.15) is 0 Å². The Morgan fingerprint density at radius 3 is 2.65 bits per heavy atom. The van der Waals surface area contributed by atoms with E-state index in [-0.39, 0.29) is 18.9 Å². The molecular weight excluding hydrogens is 416 g/mol. The van der Waals surface area contributed by atoms with Crippen molar-refractivity contribution < 1.29 is 19.1 Å². The van der Waals surface area contributed by atoms with Gasteiger partial charge in [0.2, 0.25) is 5.91 Å². The van der Waals surface area contributed by atoms with E-state index in [1.54, 1.807) is 13.1 Å². The first kappa shape index (κ1) is 22.5. The summed E-state index contributed by atoms with van der Waals surface area (Å²) >= 11 is 4.97. The fourth-order valence-corrected chi connectivity index (χ4v) is 3.47. The molecule has 0 radical (unpaired) electrons. The lowest BCUT2D eigenvalue weighted by Gasteiger charge is -2.28. The minimum Gasteiger partial charge on any atom is -0.444 e. The number of carbonyl (C=O) groups is 2. The maximum Gasteiger partial charge on any atom is 0.411 e. The molecule has 0 saturated carbocycles. The van der Waals surface area contributed by atoms with Crippen LogP contribution in [0.15, 0.2) is 54.6 Å². The number of rotatable bonds is 6. The molecule has 9 heteroatoms. The molecule has 1 aliphatic heterocycles. The quantitative estimate of drug-likeness (QED) is 0.403. The SMILES string of the molecule is CNC(=S)NNC(=O)CC1(c2cccc(NC(=O)OCc3ccccc3)c2)CCOC1. The van der Waals surface area contributed by atoms with Crippen molar-refractivity contribution in [2.45, 2.75) is 24.9 Å². The van der Waals surface area contributed by atoms with E-state index in [1.807, 2.05) is 48.5 Å². The molecule has 1 fully saturated rings. The van der Waals surface area contributed by atoms with Crippen molar-refractivity contribution >= 4 is 35.0 Å². The molecule has 8 nitrogen and oxygen atoms in total. The average molecular weight is 443 g/mol. The van der Waals surface area contributed by atoms with Crippen molar-refractivity contribution in [2.75, 3.05) is 25.6 Å². The fraction of sp³-hybridized carbons (Fsp3) is 0.318. The molecule has 1 aliphatic rings. The number of ether oxygens (including phenoxy) is 2. The third-order valence-electron chi connectivity index (χ3n) is 5.08. The molecule has 164 valence electrons. The molecule has 2 aromatic rings. The minimum atomic E-state index is -0.541. The Labute approximate surface area is 186 Å². The summed E-state index contributed by atoms with van der Waals surface area (Å²) in [5.41, 5.74) is 7.17. The molecule has 1 heterocycles. The molecule has 1 unspecified atom stereocenters. The van der Waals surface area contributed by atoms with Crippen molar-refractivity contribution in [3.8, 4) is 0 Å². The monoisotopic (exact) mass is 442 g/mol. The summed E-state index contributed by atoms with van der Waals surface area (Å²) in [7, 11) is 1.66. The second kappa shape index (κ2) is 10.7. The van der Waals surface area contributed by atoms with Gasteiger partial charge in [-0.25, -0.2) is 4.79 Å². The lowest BCUT2D eigenvalue weighted by atomic mass is 9.76. The molecule has 0 bridgehead atoms. The van der Waals surface area contributed by atoms with Crippen LogP contribution in [0, 0.1) is 0 Å². The van der Waals surface area contributed by atoms with E-state index in [1.165, 1.54) is 0 Å². The third kappa shape index (κ3) is 6.40. The number of hydrogen-bond donors (Lipinski definition) is 4. The predicted molar refractivity (Wildman–Crippen MR) is 121 cm³/mol. The average Bonchev–Trinajstić information content (AvgIpc) is 3.26. The number of hydrazine groups is 1. The van der Waals surface area contributed by atoms with E-state index in [9.17, 15) is 9.59 Å². The Bertz CT molecular complexity index is 917. The van der Waals surface area contributed by atoms with Crippen molar-refractivity contribution in [1.29, 1.82) is 0 Å². The predicted octanol–water partition coefficient (Wildman–Crippen LogP) is 2.61. The standard InChI is InChI=1S/C22H26N4O4S/c1-23-20(31)26-25-19(27)13-22(10-11-29-15-22)17-8-5-9-18(12-17)24-21(28)30-14-16-6-3-2-4-7-16/h2-9,12H,10-11,13-15H2,1H3,(H,24,28)(H,25,27)(H2,23,26,31). The molecular formula is C22H26N4O4S. The van der Waals surface area contributed by atoms with E-state index in [0.29, 0.717) is 30.4 Å². The van der Waals surface area contributed by atoms with Crippen LogP contribution < -0.4 is 21.5 Å². The third-order valence-corrected chi connectivity index (χ3v) is 5.39. The van der Waals surface area contributed by atoms with Crippen LogP contribution in [0.1, 0.15) is 24.0 Å². The maximum atomic E-state index is 12.5. The molecule has 0 spiro atoms. The van der Waals surface area contributed by atoms with Gasteiger partial charge in [0.25, 0.3) is 0 Å². The van der Waals surface area contributed by atoms with Crippen LogP contribution in [0.5, 0.6) is 0 Å². The molecule has 2 amide bonds. The number of benzene rings is 2. The summed E-state index contributed by atoms with van der Waals surface area (Å²) in [6, 6.07) is 16.9. The molecule has 4 N–H and O–H groups in total. The van der Waals surface area contributed by atoms with E-state index in [2.05, 4.69) is 21.5 Å². The highest BCUT2D eigenvalue weighted by Gasteiger charge is 2.39. The first-order chi connectivity index (χ1) is 15.0. The summed E-state index contributed by atoms with van der Waals surface area (Å²) in [6.07, 6.45) is 0.368. The summed E-state index contributed by atoms with van der Waals surface area (Å²) in [5, 5.41) is 5.81. The molecule has 0 aliphatic carbocycles. The molecule has 3 rings (SSSR count). The van der Waals surface area contributed by atoms with E-state index in [4.69, 9.17) is 21.7 Å². The van der Waals surface area contributed by atoms with Crippen LogP contribution in [0.3, 0.4) is 0 Å². The van der Waals surface area contributed by atoms with E-state index < -0.39 is 11.5 Å². The first-order valence-electron chi connectivity index (χ1n) is 9.93. The van der Waals surface area contributed by atoms with Gasteiger partial charge < -0.3 is 14.8 Å². The molecule has 31 heavy (non-hydrogen) atoms. The van der Waals surface area contributed by atoms with Gasteiger partial charge in [-0.15, -0.1) is 0 Å². The van der Waals surface area contributed by atoms with Crippen LogP contribution in [0.25, 0.3) is 0 Å². The minimum absolute atomic E-state index is 0.186. The lowest BCUT2D eigenvalue weighted by molar-refractivity contribution is -0.123. The van der Waals surface area contributed by atoms with Crippen LogP contribution in [-0.2, 0) is 26.3 Å². The highest BCUT2D eigenvalue weighted by Crippen LogP contribution is 2.37. The largest absolute Gasteiger partial charge is 0.444 e. The van der Waals surface area contributed by atoms with Gasteiger partial charge in [0.05, 0.1) is 6.61 Å². The van der Waals surface area contributed by atoms with Crippen LogP contribution >= 0.6 is 12.2 Å². The van der Waals surface area contributed by atoms with Crippen molar-refractivity contribution in [1.82, 2.24) is 16.2 Å². The summed E-state index contributed by atoms with van der Waals surface area (Å²) in [4.78, 5) is 24.7. The molecule has 0 aromatic heterocycles. The Balaban J connectivity index is 1.64. The Hall–Kier alpha value is -3.17. The smallest absolute Gasteiger partial charge is 0.411 e. The van der Waals surface area contributed by atoms with E-state index in [0.717, 1.165) is 11.1 Å². The topological polar surface area (TPSA) is 101 Å². The summed E-state index contributed by atoms with van der Waals surface area (Å²) in [5.74, 6) is -0.205. The number of anilines is 1. The normalized spacial score (nSPS) is 17.5. The first-order valence-corrected chi connectivity index (χ1v) is 10.3. The number of carbonyl (C=O) groups excluding carboxylic acids is 2. The van der Waals surface area contributed by atoms with Gasteiger partial charge in [0, 0.05) is 31.2 Å². The van der Waals surface area contributed by atoms with Gasteiger partial charge >= 0.3 is 6.09 Å². The Morgan fingerprint density at radius 2 is 1.94 bits per heavy atom. The van der Waals surface area contributed by atoms with Crippen LogP contribution in [0.4, 0.5) is 10.5 Å². The van der Waals surface area contributed by atoms with Gasteiger partial charge in [-0.3, -0.25) is 21.0 Å². The van der Waals surface area contributed by atoms with Crippen molar-refractivity contribution in [2.24, 2.45) is 0 Å². The number of amides is 2. The van der Waals surface area contributed by atoms with Gasteiger partial charge in [0.1, 0.15) is 6.61 Å². The maximum absolute atomic E-state index is 12.5. The number of nitrogens with one attached hydrogen (secondary N) is 4. The summed E-state index contributed by atoms with van der Waals surface area (Å²) in [6.45, 7) is 1.16. The molecule has 1 saturated heterocycles. The fourth-order valence-electron chi connectivity index (χ4n) is 3.42. The number of hydrogen-bond acceptors (Lipinski definition) is 5. The Kier molecular flexibility index (Phi) is 7.80. The number of thiocarbonyl (C=S) groups is 1. The van der Waals surface area contributed by atoms with Gasteiger partial charge in [-0.1, -0.05) is 42.5 Å². The highest BCUT2D eigenvalue weighted by atomic mass is 32.1. The zero-order chi connectivity index (χ0) is 22.1. The second-order valence-corrected chi connectivity index (χ2v) is 7.69. The highest BCUT2D eigenvalue weighted by molar-refractivity contribution is 7.80. The second-order valence-electron chi connectivity index (χ2n) is 7.28. The van der Waals surface area contributed by atoms with Crippen molar-refractivity contribution in [3.05, 3.63) is 65.7 Å². The van der Waals surface area contributed by atoms with Gasteiger partial charge in [0.15, 0.2) is 5.11 Å². The zero-order valence-corrected chi connectivity index (χ0v) is 18.1. The van der Waals surface area contributed by atoms with Crippen LogP contribution in [0.2, 0.25) is 0 Å². The van der Waals surface area contributed by atoms with Crippen molar-refractivity contribution in [3.63, 3.8) is 0 Å². The van der Waals surface area contributed by atoms with E-state index >= 15 is 0 Å². The molecule has 2 aromatic carbocycles. The van der Waals surface area contributed by atoms with Crippen LogP contribution in [-0.4, -0.2) is 37.4 Å². The zero-order valence-electron chi connectivity index (χ0n) is 17.3. The van der Waals surface area contributed by atoms with Gasteiger partial charge in [-0.05, 0) is 41.9 Å². The lowest BCUT2D eigenvalue weighted by Crippen LogP contribution is -2.47. The molecule has 1 atom stereocenters.